The monoisotopic (exact) mass is 355 g/mol. The van der Waals surface area contributed by atoms with Gasteiger partial charge in [0, 0.05) is 25.4 Å². The van der Waals surface area contributed by atoms with Gasteiger partial charge in [0.2, 0.25) is 0 Å². The van der Waals surface area contributed by atoms with Crippen LogP contribution in [0.5, 0.6) is 0 Å². The standard InChI is InChI=1S/C19H18FN3OS/c1-23(2)18(24)15-5-3-4-13(10-15)12-25-19-21-11-17(22-19)14-6-8-16(20)9-7-14/h3-11H,12H2,1-2H3,(H,21,22). The topological polar surface area (TPSA) is 49.0 Å². The van der Waals surface area contributed by atoms with Gasteiger partial charge in [-0.05, 0) is 47.5 Å². The number of nitrogens with one attached hydrogen (secondary N) is 1. The minimum Gasteiger partial charge on any atom is -0.345 e. The summed E-state index contributed by atoms with van der Waals surface area (Å²) in [7, 11) is 3.48. The molecular formula is C19H18FN3OS. The van der Waals surface area contributed by atoms with E-state index in [0.717, 1.165) is 22.0 Å². The molecule has 1 aromatic heterocycles. The van der Waals surface area contributed by atoms with Crippen molar-refractivity contribution in [2.45, 2.75) is 10.9 Å². The van der Waals surface area contributed by atoms with Gasteiger partial charge >= 0.3 is 0 Å². The van der Waals surface area contributed by atoms with Crippen molar-refractivity contribution in [3.63, 3.8) is 0 Å². The molecule has 0 unspecified atom stereocenters. The summed E-state index contributed by atoms with van der Waals surface area (Å²) in [6, 6.07) is 13.9. The Hall–Kier alpha value is -2.60. The van der Waals surface area contributed by atoms with Gasteiger partial charge in [0.15, 0.2) is 5.16 Å². The van der Waals surface area contributed by atoms with E-state index in [0.29, 0.717) is 11.3 Å². The molecular weight excluding hydrogens is 337 g/mol. The van der Waals surface area contributed by atoms with Gasteiger partial charge in [0.1, 0.15) is 5.82 Å². The van der Waals surface area contributed by atoms with Crippen LogP contribution < -0.4 is 0 Å². The number of amides is 1. The molecule has 128 valence electrons. The molecule has 0 aliphatic carbocycles. The lowest BCUT2D eigenvalue weighted by Crippen LogP contribution is -2.21. The van der Waals surface area contributed by atoms with Gasteiger partial charge in [0.25, 0.3) is 5.91 Å². The summed E-state index contributed by atoms with van der Waals surface area (Å²) in [5, 5.41) is 0.781. The molecule has 1 N–H and O–H groups in total. The Morgan fingerprint density at radius 3 is 2.68 bits per heavy atom. The predicted octanol–water partition coefficient (Wildman–Crippen LogP) is 4.21. The number of aromatic nitrogens is 2. The van der Waals surface area contributed by atoms with E-state index in [9.17, 15) is 9.18 Å². The minimum atomic E-state index is -0.259. The third-order valence-corrected chi connectivity index (χ3v) is 4.62. The first-order valence-corrected chi connectivity index (χ1v) is 8.76. The van der Waals surface area contributed by atoms with E-state index in [1.54, 1.807) is 49.1 Å². The Balaban J connectivity index is 1.67. The maximum absolute atomic E-state index is 13.0. The maximum atomic E-state index is 13.0. The van der Waals surface area contributed by atoms with E-state index in [1.165, 1.54) is 12.1 Å². The van der Waals surface area contributed by atoms with Crippen LogP contribution in [0.3, 0.4) is 0 Å². The number of aromatic amines is 1. The van der Waals surface area contributed by atoms with Gasteiger partial charge < -0.3 is 9.88 Å². The largest absolute Gasteiger partial charge is 0.345 e. The predicted molar refractivity (Wildman–Crippen MR) is 98.0 cm³/mol. The molecule has 0 atom stereocenters. The fraction of sp³-hybridized carbons (Fsp3) is 0.158. The normalized spacial score (nSPS) is 10.7. The molecule has 0 radical (unpaired) electrons. The highest BCUT2D eigenvalue weighted by Crippen LogP contribution is 2.24. The van der Waals surface area contributed by atoms with Crippen LogP contribution in [-0.2, 0) is 5.75 Å². The highest BCUT2D eigenvalue weighted by molar-refractivity contribution is 7.98. The molecule has 0 spiro atoms. The zero-order valence-electron chi connectivity index (χ0n) is 14.0. The number of thioether (sulfide) groups is 1. The number of hydrogen-bond acceptors (Lipinski definition) is 3. The molecule has 3 rings (SSSR count). The Morgan fingerprint density at radius 1 is 1.20 bits per heavy atom. The third kappa shape index (κ3) is 4.28. The first-order chi connectivity index (χ1) is 12.0. The quantitative estimate of drug-likeness (QED) is 0.698. The number of imidazole rings is 1. The van der Waals surface area contributed by atoms with Crippen LogP contribution in [0.15, 0.2) is 59.9 Å². The van der Waals surface area contributed by atoms with Crippen molar-refractivity contribution in [2.24, 2.45) is 0 Å². The highest BCUT2D eigenvalue weighted by atomic mass is 32.2. The van der Waals surface area contributed by atoms with E-state index >= 15 is 0 Å². The minimum absolute atomic E-state index is 0.0107. The summed E-state index contributed by atoms with van der Waals surface area (Å²) in [6.45, 7) is 0. The van der Waals surface area contributed by atoms with Crippen molar-refractivity contribution in [2.75, 3.05) is 14.1 Å². The molecule has 4 nitrogen and oxygen atoms in total. The highest BCUT2D eigenvalue weighted by Gasteiger charge is 2.09. The van der Waals surface area contributed by atoms with Crippen molar-refractivity contribution < 1.29 is 9.18 Å². The number of rotatable bonds is 5. The lowest BCUT2D eigenvalue weighted by Gasteiger charge is -2.10. The summed E-state index contributed by atoms with van der Waals surface area (Å²) in [5.74, 6) is 0.429. The van der Waals surface area contributed by atoms with E-state index in [2.05, 4.69) is 9.97 Å². The molecule has 0 saturated carbocycles. The SMILES string of the molecule is CN(C)C(=O)c1cccc(CSc2ncc(-c3ccc(F)cc3)[nH]2)c1. The molecule has 0 aliphatic heterocycles. The zero-order valence-corrected chi connectivity index (χ0v) is 14.8. The van der Waals surface area contributed by atoms with E-state index in [4.69, 9.17) is 0 Å². The Morgan fingerprint density at radius 2 is 1.96 bits per heavy atom. The molecule has 1 heterocycles. The van der Waals surface area contributed by atoms with Gasteiger partial charge in [-0.3, -0.25) is 4.79 Å². The van der Waals surface area contributed by atoms with Crippen molar-refractivity contribution in [1.82, 2.24) is 14.9 Å². The number of carbonyl (C=O) groups excluding carboxylic acids is 1. The van der Waals surface area contributed by atoms with E-state index in [-0.39, 0.29) is 11.7 Å². The number of nitrogens with zero attached hydrogens (tertiary/aromatic N) is 2. The average Bonchev–Trinajstić information content (AvgIpc) is 3.09. The molecule has 0 aliphatic rings. The molecule has 0 fully saturated rings. The van der Waals surface area contributed by atoms with Crippen molar-refractivity contribution >= 4 is 17.7 Å². The Bertz CT molecular complexity index is 874. The zero-order chi connectivity index (χ0) is 17.8. The maximum Gasteiger partial charge on any atom is 0.253 e. The second-order valence-corrected chi connectivity index (χ2v) is 6.76. The number of H-pyrrole nitrogens is 1. The summed E-state index contributed by atoms with van der Waals surface area (Å²) in [5.41, 5.74) is 3.46. The lowest BCUT2D eigenvalue weighted by atomic mass is 10.1. The van der Waals surface area contributed by atoms with Gasteiger partial charge in [-0.2, -0.15) is 0 Å². The van der Waals surface area contributed by atoms with Crippen LogP contribution in [0.4, 0.5) is 4.39 Å². The molecule has 3 aromatic rings. The van der Waals surface area contributed by atoms with Gasteiger partial charge in [-0.15, -0.1) is 0 Å². The molecule has 0 bridgehead atoms. The Kier molecular flexibility index (Phi) is 5.19. The van der Waals surface area contributed by atoms with Crippen LogP contribution in [0, 0.1) is 5.82 Å². The molecule has 0 saturated heterocycles. The first kappa shape index (κ1) is 17.2. The summed E-state index contributed by atoms with van der Waals surface area (Å²) in [4.78, 5) is 21.2. The first-order valence-electron chi connectivity index (χ1n) is 7.77. The van der Waals surface area contributed by atoms with Crippen molar-refractivity contribution in [1.29, 1.82) is 0 Å². The second kappa shape index (κ2) is 7.53. The number of carbonyl (C=O) groups is 1. The van der Waals surface area contributed by atoms with Crippen LogP contribution >= 0.6 is 11.8 Å². The third-order valence-electron chi connectivity index (χ3n) is 3.66. The van der Waals surface area contributed by atoms with Crippen molar-refractivity contribution in [3.05, 3.63) is 71.7 Å². The summed E-state index contributed by atoms with van der Waals surface area (Å²) in [6.07, 6.45) is 1.74. The Labute approximate surface area is 150 Å². The van der Waals surface area contributed by atoms with Crippen LogP contribution in [0.25, 0.3) is 11.3 Å². The summed E-state index contributed by atoms with van der Waals surface area (Å²) < 4.78 is 13.0. The van der Waals surface area contributed by atoms with Crippen LogP contribution in [-0.4, -0.2) is 34.9 Å². The second-order valence-electron chi connectivity index (χ2n) is 5.80. The number of benzene rings is 2. The molecule has 25 heavy (non-hydrogen) atoms. The fourth-order valence-electron chi connectivity index (χ4n) is 2.36. The summed E-state index contributed by atoms with van der Waals surface area (Å²) >= 11 is 1.56. The van der Waals surface area contributed by atoms with Gasteiger partial charge in [-0.25, -0.2) is 9.37 Å². The van der Waals surface area contributed by atoms with Gasteiger partial charge in [-0.1, -0.05) is 23.9 Å². The molecule has 2 aromatic carbocycles. The van der Waals surface area contributed by atoms with E-state index < -0.39 is 0 Å². The fourth-order valence-corrected chi connectivity index (χ4v) is 3.15. The lowest BCUT2D eigenvalue weighted by molar-refractivity contribution is 0.0827. The van der Waals surface area contributed by atoms with Gasteiger partial charge in [0.05, 0.1) is 11.9 Å². The van der Waals surface area contributed by atoms with Crippen molar-refractivity contribution in [3.8, 4) is 11.3 Å². The average molecular weight is 355 g/mol. The number of halogens is 1. The smallest absolute Gasteiger partial charge is 0.253 e. The number of hydrogen-bond donors (Lipinski definition) is 1. The van der Waals surface area contributed by atoms with Crippen LogP contribution in [0.1, 0.15) is 15.9 Å². The van der Waals surface area contributed by atoms with Crippen LogP contribution in [0.2, 0.25) is 0 Å². The van der Waals surface area contributed by atoms with E-state index in [1.807, 2.05) is 24.3 Å². The molecule has 1 amide bonds. The molecule has 6 heteroatoms.